The van der Waals surface area contributed by atoms with E-state index in [0.29, 0.717) is 16.7 Å². The molecule has 2 heterocycles. The number of rotatable bonds is 3. The van der Waals surface area contributed by atoms with E-state index in [9.17, 15) is 4.79 Å². The summed E-state index contributed by atoms with van der Waals surface area (Å²) in [6.45, 7) is 5.41. The maximum absolute atomic E-state index is 12.5. The van der Waals surface area contributed by atoms with Crippen LogP contribution < -0.4 is 5.32 Å². The molecule has 120 valence electrons. The number of amides is 1. The minimum atomic E-state index is -0.0296. The lowest BCUT2D eigenvalue weighted by atomic mass is 10.2. The number of hydrogen-bond donors (Lipinski definition) is 1. The van der Waals surface area contributed by atoms with E-state index in [4.69, 9.17) is 11.6 Å². The Bertz CT molecular complexity index is 741. The standard InChI is InChI=1S/C17H19ClN4O/c1-11-5-6-13(10-14(11)18)20-17-19-12(2)9-15(21-17)16(23)22-7-3-4-8-22/h5-6,9-10H,3-4,7-8H2,1-2H3,(H,19,20,21). The Morgan fingerprint density at radius 3 is 2.61 bits per heavy atom. The highest BCUT2D eigenvalue weighted by atomic mass is 35.5. The molecule has 0 aliphatic carbocycles. The quantitative estimate of drug-likeness (QED) is 0.931. The summed E-state index contributed by atoms with van der Waals surface area (Å²) in [5, 5.41) is 3.80. The van der Waals surface area contributed by atoms with Crippen LogP contribution >= 0.6 is 11.6 Å². The predicted octanol–water partition coefficient (Wildman–Crippen LogP) is 3.73. The number of carbonyl (C=O) groups is 1. The van der Waals surface area contributed by atoms with Gasteiger partial charge in [-0.1, -0.05) is 17.7 Å². The van der Waals surface area contributed by atoms with Crippen molar-refractivity contribution in [2.75, 3.05) is 18.4 Å². The Balaban J connectivity index is 1.84. The highest BCUT2D eigenvalue weighted by molar-refractivity contribution is 6.31. The van der Waals surface area contributed by atoms with E-state index >= 15 is 0 Å². The summed E-state index contributed by atoms with van der Waals surface area (Å²) in [5.74, 6) is 0.380. The van der Waals surface area contributed by atoms with Crippen molar-refractivity contribution in [3.05, 3.63) is 46.2 Å². The maximum atomic E-state index is 12.5. The Morgan fingerprint density at radius 2 is 1.91 bits per heavy atom. The fraction of sp³-hybridized carbons (Fsp3) is 0.353. The number of halogens is 1. The first-order valence-corrected chi connectivity index (χ1v) is 8.09. The largest absolute Gasteiger partial charge is 0.337 e. The molecule has 1 amide bonds. The Hall–Kier alpha value is -2.14. The third kappa shape index (κ3) is 3.62. The summed E-state index contributed by atoms with van der Waals surface area (Å²) in [5.41, 5.74) is 2.99. The molecule has 6 heteroatoms. The van der Waals surface area contributed by atoms with E-state index in [2.05, 4.69) is 15.3 Å². The van der Waals surface area contributed by atoms with Gasteiger partial charge in [-0.2, -0.15) is 0 Å². The second-order valence-electron chi connectivity index (χ2n) is 5.81. The smallest absolute Gasteiger partial charge is 0.272 e. The number of nitrogens with zero attached hydrogens (tertiary/aromatic N) is 3. The van der Waals surface area contributed by atoms with Gasteiger partial charge in [0.15, 0.2) is 0 Å². The van der Waals surface area contributed by atoms with Crippen molar-refractivity contribution in [2.45, 2.75) is 26.7 Å². The molecular weight excluding hydrogens is 312 g/mol. The van der Waals surface area contributed by atoms with Crippen molar-refractivity contribution in [1.82, 2.24) is 14.9 Å². The average molecular weight is 331 g/mol. The topological polar surface area (TPSA) is 58.1 Å². The Labute approximate surface area is 140 Å². The summed E-state index contributed by atoms with van der Waals surface area (Å²) in [6, 6.07) is 7.39. The first-order valence-electron chi connectivity index (χ1n) is 7.71. The molecule has 0 bridgehead atoms. The van der Waals surface area contributed by atoms with E-state index in [1.54, 1.807) is 6.07 Å². The monoisotopic (exact) mass is 330 g/mol. The van der Waals surface area contributed by atoms with Gasteiger partial charge >= 0.3 is 0 Å². The SMILES string of the molecule is Cc1cc(C(=O)N2CCCC2)nc(Nc2ccc(C)c(Cl)c2)n1. The molecular formula is C17H19ClN4O. The van der Waals surface area contributed by atoms with Gasteiger partial charge in [-0.15, -0.1) is 0 Å². The highest BCUT2D eigenvalue weighted by Crippen LogP contribution is 2.22. The van der Waals surface area contributed by atoms with Crippen LogP contribution in [0.25, 0.3) is 0 Å². The van der Waals surface area contributed by atoms with Crippen LogP contribution in [0.15, 0.2) is 24.3 Å². The van der Waals surface area contributed by atoms with E-state index in [1.807, 2.05) is 36.9 Å². The normalized spacial score (nSPS) is 14.1. The minimum Gasteiger partial charge on any atom is -0.337 e. The van der Waals surface area contributed by atoms with Crippen LogP contribution in [-0.2, 0) is 0 Å². The van der Waals surface area contributed by atoms with Crippen molar-refractivity contribution in [3.8, 4) is 0 Å². The van der Waals surface area contributed by atoms with E-state index < -0.39 is 0 Å². The van der Waals surface area contributed by atoms with Crippen molar-refractivity contribution >= 4 is 29.1 Å². The van der Waals surface area contributed by atoms with Crippen LogP contribution in [0, 0.1) is 13.8 Å². The van der Waals surface area contributed by atoms with Crippen LogP contribution in [0.5, 0.6) is 0 Å². The molecule has 1 aliphatic rings. The van der Waals surface area contributed by atoms with Gasteiger partial charge in [-0.25, -0.2) is 9.97 Å². The maximum Gasteiger partial charge on any atom is 0.272 e. The Kier molecular flexibility index (Phi) is 4.48. The zero-order chi connectivity index (χ0) is 16.4. The fourth-order valence-electron chi connectivity index (χ4n) is 2.62. The van der Waals surface area contributed by atoms with Gasteiger partial charge in [-0.05, 0) is 50.5 Å². The van der Waals surface area contributed by atoms with E-state index in [-0.39, 0.29) is 5.91 Å². The van der Waals surface area contributed by atoms with Crippen molar-refractivity contribution in [2.24, 2.45) is 0 Å². The summed E-state index contributed by atoms with van der Waals surface area (Å²) in [4.78, 5) is 23.1. The highest BCUT2D eigenvalue weighted by Gasteiger charge is 2.21. The molecule has 1 aromatic carbocycles. The molecule has 1 fully saturated rings. The van der Waals surface area contributed by atoms with E-state index in [0.717, 1.165) is 42.9 Å². The van der Waals surface area contributed by atoms with Gasteiger partial charge in [0.2, 0.25) is 5.95 Å². The minimum absolute atomic E-state index is 0.0296. The average Bonchev–Trinajstić information content (AvgIpc) is 3.04. The third-order valence-electron chi connectivity index (χ3n) is 3.89. The number of aromatic nitrogens is 2. The lowest BCUT2D eigenvalue weighted by Crippen LogP contribution is -2.28. The molecule has 0 spiro atoms. The fourth-order valence-corrected chi connectivity index (χ4v) is 2.80. The molecule has 3 rings (SSSR count). The van der Waals surface area contributed by atoms with Gasteiger partial charge in [0.25, 0.3) is 5.91 Å². The van der Waals surface area contributed by atoms with Gasteiger partial charge < -0.3 is 10.2 Å². The number of hydrogen-bond acceptors (Lipinski definition) is 4. The van der Waals surface area contributed by atoms with Crippen LogP contribution in [0.2, 0.25) is 5.02 Å². The lowest BCUT2D eigenvalue weighted by molar-refractivity contribution is 0.0787. The summed E-state index contributed by atoms with van der Waals surface area (Å²) in [7, 11) is 0. The number of benzene rings is 1. The molecule has 0 unspecified atom stereocenters. The van der Waals surface area contributed by atoms with E-state index in [1.165, 1.54) is 0 Å². The second kappa shape index (κ2) is 6.54. The van der Waals surface area contributed by atoms with Crippen LogP contribution in [0.4, 0.5) is 11.6 Å². The summed E-state index contributed by atoms with van der Waals surface area (Å²) in [6.07, 6.45) is 2.12. The molecule has 2 aromatic rings. The van der Waals surface area contributed by atoms with Crippen molar-refractivity contribution in [3.63, 3.8) is 0 Å². The number of likely N-dealkylation sites (tertiary alicyclic amines) is 1. The van der Waals surface area contributed by atoms with Gasteiger partial charge in [-0.3, -0.25) is 4.79 Å². The molecule has 5 nitrogen and oxygen atoms in total. The molecule has 0 radical (unpaired) electrons. The first kappa shape index (κ1) is 15.7. The van der Waals surface area contributed by atoms with Crippen LogP contribution in [-0.4, -0.2) is 33.9 Å². The van der Waals surface area contributed by atoms with Gasteiger partial charge in [0.1, 0.15) is 5.69 Å². The van der Waals surface area contributed by atoms with Crippen LogP contribution in [0.1, 0.15) is 34.6 Å². The first-order chi connectivity index (χ1) is 11.0. The number of aryl methyl sites for hydroxylation is 2. The molecule has 23 heavy (non-hydrogen) atoms. The predicted molar refractivity (Wildman–Crippen MR) is 91.4 cm³/mol. The molecule has 1 aliphatic heterocycles. The lowest BCUT2D eigenvalue weighted by Gasteiger charge is -2.15. The Morgan fingerprint density at radius 1 is 1.17 bits per heavy atom. The van der Waals surface area contributed by atoms with Crippen LogP contribution in [0.3, 0.4) is 0 Å². The van der Waals surface area contributed by atoms with Gasteiger partial charge in [0, 0.05) is 29.5 Å². The summed E-state index contributed by atoms with van der Waals surface area (Å²) < 4.78 is 0. The molecule has 1 aromatic heterocycles. The number of anilines is 2. The molecule has 1 N–H and O–H groups in total. The van der Waals surface area contributed by atoms with Gasteiger partial charge in [0.05, 0.1) is 0 Å². The zero-order valence-electron chi connectivity index (χ0n) is 13.3. The van der Waals surface area contributed by atoms with Crippen molar-refractivity contribution in [1.29, 1.82) is 0 Å². The summed E-state index contributed by atoms with van der Waals surface area (Å²) >= 11 is 6.14. The molecule has 0 atom stereocenters. The number of nitrogens with one attached hydrogen (secondary N) is 1. The third-order valence-corrected chi connectivity index (χ3v) is 4.30. The second-order valence-corrected chi connectivity index (χ2v) is 6.21. The number of carbonyl (C=O) groups excluding carboxylic acids is 1. The van der Waals surface area contributed by atoms with Crippen molar-refractivity contribution < 1.29 is 4.79 Å². The molecule has 0 saturated carbocycles. The molecule has 1 saturated heterocycles. The zero-order valence-corrected chi connectivity index (χ0v) is 14.0.